The van der Waals surface area contributed by atoms with Crippen LogP contribution in [-0.2, 0) is 6.54 Å². The van der Waals surface area contributed by atoms with Gasteiger partial charge in [-0.05, 0) is 31.9 Å². The zero-order valence-corrected chi connectivity index (χ0v) is 11.1. The van der Waals surface area contributed by atoms with Gasteiger partial charge in [0.25, 0.3) is 0 Å². The Labute approximate surface area is 108 Å². The fourth-order valence-corrected chi connectivity index (χ4v) is 2.47. The number of thiophene rings is 1. The number of hydrogen-bond acceptors (Lipinski definition) is 2. The first kappa shape index (κ1) is 14.8. The SMILES string of the molecule is CC(CCCC(F)(F)F)NCc1ccc(Cl)s1. The van der Waals surface area contributed by atoms with Crippen LogP contribution < -0.4 is 5.32 Å². The van der Waals surface area contributed by atoms with Crippen LogP contribution in [0.25, 0.3) is 0 Å². The highest BCUT2D eigenvalue weighted by atomic mass is 35.5. The molecule has 1 rings (SSSR count). The second-order valence-electron chi connectivity index (χ2n) is 4.00. The standard InChI is InChI=1S/C11H15ClF3NS/c1-8(3-2-6-11(13,14)15)16-7-9-4-5-10(12)17-9/h4-5,8,16H,2-3,6-7H2,1H3. The van der Waals surface area contributed by atoms with Crippen LogP contribution in [-0.4, -0.2) is 12.2 Å². The Bertz CT molecular complexity index is 338. The predicted molar refractivity (Wildman–Crippen MR) is 65.5 cm³/mol. The zero-order valence-electron chi connectivity index (χ0n) is 9.48. The van der Waals surface area contributed by atoms with Crippen LogP contribution in [0.2, 0.25) is 4.34 Å². The van der Waals surface area contributed by atoms with Gasteiger partial charge in [-0.25, -0.2) is 0 Å². The molecule has 1 N–H and O–H groups in total. The second-order valence-corrected chi connectivity index (χ2v) is 5.79. The van der Waals surface area contributed by atoms with Crippen LogP contribution in [0.1, 0.15) is 31.1 Å². The van der Waals surface area contributed by atoms with E-state index in [2.05, 4.69) is 5.32 Å². The molecule has 0 aliphatic rings. The maximum Gasteiger partial charge on any atom is 0.389 e. The monoisotopic (exact) mass is 285 g/mol. The van der Waals surface area contributed by atoms with E-state index in [0.717, 1.165) is 9.21 Å². The molecule has 0 saturated heterocycles. The van der Waals surface area contributed by atoms with Crippen molar-refractivity contribution in [1.82, 2.24) is 5.32 Å². The Morgan fingerprint density at radius 1 is 1.41 bits per heavy atom. The van der Waals surface area contributed by atoms with Crippen LogP contribution in [0.3, 0.4) is 0 Å². The summed E-state index contributed by atoms with van der Waals surface area (Å²) in [5.74, 6) is 0. The van der Waals surface area contributed by atoms with Crippen molar-refractivity contribution in [1.29, 1.82) is 0 Å². The minimum absolute atomic E-state index is 0.0817. The third-order valence-electron chi connectivity index (χ3n) is 2.35. The smallest absolute Gasteiger partial charge is 0.309 e. The average molecular weight is 286 g/mol. The van der Waals surface area contributed by atoms with Gasteiger partial charge in [-0.3, -0.25) is 0 Å². The number of hydrogen-bond donors (Lipinski definition) is 1. The van der Waals surface area contributed by atoms with Crippen molar-refractivity contribution >= 4 is 22.9 Å². The van der Waals surface area contributed by atoms with Gasteiger partial charge in [-0.2, -0.15) is 13.2 Å². The summed E-state index contributed by atoms with van der Waals surface area (Å²) in [6.07, 6.45) is -4.05. The molecule has 0 spiro atoms. The number of nitrogens with one attached hydrogen (secondary N) is 1. The quantitative estimate of drug-likeness (QED) is 0.805. The highest BCUT2D eigenvalue weighted by Crippen LogP contribution is 2.23. The third-order valence-corrected chi connectivity index (χ3v) is 3.58. The molecule has 1 aromatic rings. The molecule has 17 heavy (non-hydrogen) atoms. The van der Waals surface area contributed by atoms with E-state index in [1.165, 1.54) is 11.3 Å². The molecule has 0 amide bonds. The summed E-state index contributed by atoms with van der Waals surface area (Å²) in [6, 6.07) is 3.82. The van der Waals surface area contributed by atoms with Gasteiger partial charge in [0.2, 0.25) is 0 Å². The lowest BCUT2D eigenvalue weighted by Crippen LogP contribution is -2.25. The van der Waals surface area contributed by atoms with Crippen LogP contribution >= 0.6 is 22.9 Å². The second kappa shape index (κ2) is 6.61. The summed E-state index contributed by atoms with van der Waals surface area (Å²) in [7, 11) is 0. The number of rotatable bonds is 6. The molecule has 1 heterocycles. The molecule has 1 unspecified atom stereocenters. The molecule has 0 radical (unpaired) electrons. The van der Waals surface area contributed by atoms with Crippen molar-refractivity contribution in [3.8, 4) is 0 Å². The fourth-order valence-electron chi connectivity index (χ4n) is 1.43. The molecule has 1 atom stereocenters. The summed E-state index contributed by atoms with van der Waals surface area (Å²) in [4.78, 5) is 1.10. The lowest BCUT2D eigenvalue weighted by Gasteiger charge is -2.13. The summed E-state index contributed by atoms with van der Waals surface area (Å²) in [6.45, 7) is 2.55. The van der Waals surface area contributed by atoms with Gasteiger partial charge in [0.05, 0.1) is 4.34 Å². The molecule has 0 fully saturated rings. The van der Waals surface area contributed by atoms with E-state index in [9.17, 15) is 13.2 Å². The average Bonchev–Trinajstić information content (AvgIpc) is 2.59. The highest BCUT2D eigenvalue weighted by molar-refractivity contribution is 7.16. The van der Waals surface area contributed by atoms with Crippen LogP contribution in [0.15, 0.2) is 12.1 Å². The summed E-state index contributed by atoms with van der Waals surface area (Å²) < 4.78 is 36.5. The van der Waals surface area contributed by atoms with Crippen LogP contribution in [0, 0.1) is 0 Å². The molecule has 98 valence electrons. The maximum atomic E-state index is 11.9. The van der Waals surface area contributed by atoms with E-state index in [1.54, 1.807) is 0 Å². The molecule has 0 aliphatic heterocycles. The minimum atomic E-state index is -4.04. The van der Waals surface area contributed by atoms with Gasteiger partial charge in [-0.15, -0.1) is 11.3 Å². The van der Waals surface area contributed by atoms with Gasteiger partial charge < -0.3 is 5.32 Å². The molecule has 0 aromatic carbocycles. The van der Waals surface area contributed by atoms with Crippen molar-refractivity contribution in [2.24, 2.45) is 0 Å². The first-order valence-corrected chi connectivity index (χ1v) is 6.60. The van der Waals surface area contributed by atoms with Gasteiger partial charge in [0.15, 0.2) is 0 Å². The zero-order chi connectivity index (χ0) is 12.9. The first-order chi connectivity index (χ1) is 7.87. The summed E-state index contributed by atoms with van der Waals surface area (Å²) >= 11 is 7.26. The molecule has 0 aliphatic carbocycles. The Hall–Kier alpha value is -0.260. The van der Waals surface area contributed by atoms with Gasteiger partial charge in [-0.1, -0.05) is 11.6 Å². The van der Waals surface area contributed by atoms with Gasteiger partial charge in [0, 0.05) is 23.9 Å². The Morgan fingerprint density at radius 3 is 2.65 bits per heavy atom. The minimum Gasteiger partial charge on any atom is -0.309 e. The molecule has 6 heteroatoms. The highest BCUT2D eigenvalue weighted by Gasteiger charge is 2.26. The van der Waals surface area contributed by atoms with Crippen LogP contribution in [0.4, 0.5) is 13.2 Å². The normalized spacial score (nSPS) is 13.9. The van der Waals surface area contributed by atoms with Crippen molar-refractivity contribution in [3.63, 3.8) is 0 Å². The molecule has 0 bridgehead atoms. The van der Waals surface area contributed by atoms with E-state index in [-0.39, 0.29) is 12.5 Å². The summed E-state index contributed by atoms with van der Waals surface area (Å²) in [5, 5.41) is 3.18. The fraction of sp³-hybridized carbons (Fsp3) is 0.636. The number of halogens is 4. The Morgan fingerprint density at radius 2 is 2.12 bits per heavy atom. The molecule has 0 saturated carbocycles. The third kappa shape index (κ3) is 6.91. The topological polar surface area (TPSA) is 12.0 Å². The van der Waals surface area contributed by atoms with Crippen molar-refractivity contribution < 1.29 is 13.2 Å². The van der Waals surface area contributed by atoms with E-state index in [4.69, 9.17) is 11.6 Å². The first-order valence-electron chi connectivity index (χ1n) is 5.41. The van der Waals surface area contributed by atoms with Crippen molar-refractivity contribution in [2.45, 2.75) is 44.9 Å². The van der Waals surface area contributed by atoms with E-state index >= 15 is 0 Å². The lowest BCUT2D eigenvalue weighted by atomic mass is 10.1. The van der Waals surface area contributed by atoms with Crippen molar-refractivity contribution in [2.75, 3.05) is 0 Å². The molecular formula is C11H15ClF3NS. The van der Waals surface area contributed by atoms with E-state index in [1.807, 2.05) is 19.1 Å². The van der Waals surface area contributed by atoms with Crippen molar-refractivity contribution in [3.05, 3.63) is 21.3 Å². The van der Waals surface area contributed by atoms with E-state index in [0.29, 0.717) is 13.0 Å². The Balaban J connectivity index is 2.15. The molecule has 1 nitrogen and oxygen atoms in total. The van der Waals surface area contributed by atoms with Crippen LogP contribution in [0.5, 0.6) is 0 Å². The lowest BCUT2D eigenvalue weighted by molar-refractivity contribution is -0.135. The largest absolute Gasteiger partial charge is 0.389 e. The molecule has 1 aromatic heterocycles. The predicted octanol–water partition coefficient (Wildman–Crippen LogP) is 4.61. The summed E-state index contributed by atoms with van der Waals surface area (Å²) in [5.41, 5.74) is 0. The van der Waals surface area contributed by atoms with E-state index < -0.39 is 12.6 Å². The molecular weight excluding hydrogens is 271 g/mol. The maximum absolute atomic E-state index is 11.9. The Kier molecular flexibility index (Phi) is 5.76. The number of alkyl halides is 3. The van der Waals surface area contributed by atoms with Gasteiger partial charge >= 0.3 is 6.18 Å². The van der Waals surface area contributed by atoms with Gasteiger partial charge in [0.1, 0.15) is 0 Å².